The van der Waals surface area contributed by atoms with Gasteiger partial charge in [0, 0.05) is 81.3 Å². The van der Waals surface area contributed by atoms with E-state index >= 15 is 0 Å². The Balaban J connectivity index is 0.000000250. The highest BCUT2D eigenvalue weighted by Gasteiger charge is 2.78. The summed E-state index contributed by atoms with van der Waals surface area (Å²) in [5, 5.41) is 54.9. The standard InChI is InChI=1S/C43H53NO14.C24H25F2N3O4/c1-22-26(55-37(51)32(48)30(24-15-11-9-12-16-24)44-38(52)58-39(3,4)5)20-43(53)35(56-36(50)25-17-13-10-14-18-25)33-41(8,34(49)31(47)29(22)40(43,6)7)27(46)19-28-42(33,21-54-28)57-23(2)45;1-14(27-18-11-16(25)10-17(26)12-18)19-8-15(24(31)28(2)3)9-20-21(30)13-22(33-23(19)20)29-4-6-32-7-5-29/h9-18,26-28,30-33,35,46-48,53H,19-21H2,1-8H3,(H,44,52);8-14,27H,4-7H2,1-3H3/t26-,27-,28+,30-,31+,32+,33-,35-,41+,42-,43+;14-/m01/s1. The highest BCUT2D eigenvalue weighted by molar-refractivity contribution is 5.99. The number of fused-ring (bicyclic) bond motifs is 6. The number of nitrogens with one attached hydrogen (secondary N) is 2. The Hall–Kier alpha value is -8.13. The van der Waals surface area contributed by atoms with Crippen LogP contribution in [0.3, 0.4) is 0 Å². The number of aliphatic hydroxyl groups excluding tert-OH is 3. The number of halogens is 2. The smallest absolute Gasteiger partial charge is 0.408 e. The fourth-order valence-corrected chi connectivity index (χ4v) is 13.4. The third kappa shape index (κ3) is 13.1. The second kappa shape index (κ2) is 25.9. The van der Waals surface area contributed by atoms with Crippen LogP contribution in [0.25, 0.3) is 11.0 Å². The third-order valence-corrected chi connectivity index (χ3v) is 18.1. The summed E-state index contributed by atoms with van der Waals surface area (Å²) in [7, 11) is 3.24. The highest BCUT2D eigenvalue weighted by atomic mass is 19.1. The van der Waals surface area contributed by atoms with E-state index in [4.69, 9.17) is 32.8 Å². The SMILES string of the molecule is CC(=O)O[C@@]12CO[C@@H]1C[C@H](O)[C@@]1(C)C(=O)[C@H](O)C3=C(C)[C@@H](OC(=O)[C@H](O)[C@@H](NC(=O)OC(C)(C)C)c4ccccc4)C[C@@](O)([C@@H](OC(=O)c4ccccc4)[C@H]21)C3(C)C.C[C@@H](Nc1cc(F)cc(F)c1)c1cc(C(=O)N(C)C)cc2c(=O)cc(N3CCOCC3)oc12. The molecular formula is C67H78F2N4O18. The van der Waals surface area contributed by atoms with E-state index in [1.54, 1.807) is 110 Å². The number of amides is 2. The molecule has 3 aliphatic carbocycles. The Kier molecular flexibility index (Phi) is 19.1. The number of ether oxygens (including phenoxy) is 6. The number of anilines is 2. The summed E-state index contributed by atoms with van der Waals surface area (Å²) < 4.78 is 68.5. The van der Waals surface area contributed by atoms with Gasteiger partial charge in [-0.05, 0) is 94.7 Å². The summed E-state index contributed by atoms with van der Waals surface area (Å²) in [5.41, 5.74) is -7.04. The Morgan fingerprint density at radius 2 is 1.48 bits per heavy atom. The van der Waals surface area contributed by atoms with E-state index < -0.39 is 130 Å². The van der Waals surface area contributed by atoms with Crippen LogP contribution in [-0.2, 0) is 42.8 Å². The molecule has 2 saturated carbocycles. The molecule has 91 heavy (non-hydrogen) atoms. The number of morpholine rings is 1. The molecule has 3 heterocycles. The number of hydrogen-bond donors (Lipinski definition) is 6. The van der Waals surface area contributed by atoms with Crippen molar-refractivity contribution in [2.24, 2.45) is 16.7 Å². The third-order valence-electron chi connectivity index (χ3n) is 18.1. The minimum atomic E-state index is -2.35. The fourth-order valence-electron chi connectivity index (χ4n) is 13.4. The van der Waals surface area contributed by atoms with E-state index in [1.807, 2.05) is 4.90 Å². The van der Waals surface area contributed by atoms with Gasteiger partial charge in [-0.25, -0.2) is 23.2 Å². The number of benzene rings is 4. The molecule has 2 saturated heterocycles. The summed E-state index contributed by atoms with van der Waals surface area (Å²) in [6, 6.07) is 21.8. The van der Waals surface area contributed by atoms with Crippen LogP contribution in [0, 0.1) is 28.4 Å². The molecule has 1 aromatic heterocycles. The molecular weight excluding hydrogens is 1190 g/mol. The van der Waals surface area contributed by atoms with Gasteiger partial charge in [-0.15, -0.1) is 0 Å². The van der Waals surface area contributed by atoms with Crippen molar-refractivity contribution in [3.63, 3.8) is 0 Å². The van der Waals surface area contributed by atoms with Crippen LogP contribution in [0.2, 0.25) is 0 Å². The van der Waals surface area contributed by atoms with Gasteiger partial charge >= 0.3 is 24.0 Å². The highest BCUT2D eigenvalue weighted by Crippen LogP contribution is 2.64. The van der Waals surface area contributed by atoms with Gasteiger partial charge < -0.3 is 73.7 Å². The van der Waals surface area contributed by atoms with Gasteiger partial charge in [-0.3, -0.25) is 19.2 Å². The second-order valence-electron chi connectivity index (χ2n) is 25.8. The lowest BCUT2D eigenvalue weighted by molar-refractivity contribution is -0.346. The van der Waals surface area contributed by atoms with Gasteiger partial charge in [0.1, 0.15) is 52.8 Å². The van der Waals surface area contributed by atoms with Crippen LogP contribution < -0.4 is 21.0 Å². The molecule has 24 heteroatoms. The number of aliphatic hydroxyl groups is 4. The largest absolute Gasteiger partial charge is 0.456 e. The van der Waals surface area contributed by atoms with Gasteiger partial charge in [0.15, 0.2) is 28.8 Å². The van der Waals surface area contributed by atoms with Crippen molar-refractivity contribution >= 4 is 58.2 Å². The van der Waals surface area contributed by atoms with Crippen LogP contribution in [0.5, 0.6) is 0 Å². The van der Waals surface area contributed by atoms with Crippen molar-refractivity contribution in [1.29, 1.82) is 0 Å². The molecule has 488 valence electrons. The molecule has 10 rings (SSSR count). The molecule has 0 radical (unpaired) electrons. The lowest BCUT2D eigenvalue weighted by Gasteiger charge is -2.67. The van der Waals surface area contributed by atoms with Crippen LogP contribution in [0.4, 0.5) is 25.1 Å². The molecule has 0 spiro atoms. The lowest BCUT2D eigenvalue weighted by atomic mass is 9.44. The molecule has 22 nitrogen and oxygen atoms in total. The van der Waals surface area contributed by atoms with Crippen molar-refractivity contribution in [2.45, 2.75) is 141 Å². The maximum absolute atomic E-state index is 14.9. The summed E-state index contributed by atoms with van der Waals surface area (Å²) in [4.78, 5) is 98.0. The van der Waals surface area contributed by atoms with Crippen molar-refractivity contribution in [1.82, 2.24) is 10.2 Å². The summed E-state index contributed by atoms with van der Waals surface area (Å²) in [5.74, 6) is -6.66. The quantitative estimate of drug-likeness (QED) is 0.0391. The molecule has 6 N–H and O–H groups in total. The number of esters is 3. The molecule has 4 fully saturated rings. The zero-order chi connectivity index (χ0) is 66.4. The van der Waals surface area contributed by atoms with Crippen LogP contribution in [0.15, 0.2) is 117 Å². The fraction of sp³-hybridized carbons (Fsp3) is 0.478. The Morgan fingerprint density at radius 1 is 0.857 bits per heavy atom. The maximum atomic E-state index is 14.9. The van der Waals surface area contributed by atoms with E-state index in [0.717, 1.165) is 13.0 Å². The molecule has 5 aliphatic rings. The van der Waals surface area contributed by atoms with E-state index in [-0.39, 0.29) is 52.1 Å². The van der Waals surface area contributed by atoms with Crippen LogP contribution in [0.1, 0.15) is 119 Å². The van der Waals surface area contributed by atoms with E-state index in [1.165, 1.54) is 55.1 Å². The Bertz CT molecular complexity index is 3680. The number of ketones is 1. The Morgan fingerprint density at radius 3 is 2.07 bits per heavy atom. The number of nitrogens with zero attached hydrogens (tertiary/aromatic N) is 2. The molecule has 2 amide bonds. The minimum Gasteiger partial charge on any atom is -0.456 e. The predicted molar refractivity (Wildman–Crippen MR) is 326 cm³/mol. The normalized spacial score (nSPS) is 26.9. The van der Waals surface area contributed by atoms with Crippen molar-refractivity contribution < 1.29 is 90.8 Å². The van der Waals surface area contributed by atoms with Crippen LogP contribution in [-0.4, -0.2) is 161 Å². The van der Waals surface area contributed by atoms with Gasteiger partial charge in [-0.1, -0.05) is 62.4 Å². The van der Waals surface area contributed by atoms with E-state index in [9.17, 15) is 62.8 Å². The number of carbonyl (C=O) groups excluding carboxylic acids is 6. The monoisotopic (exact) mass is 1260 g/mol. The number of rotatable bonds is 13. The van der Waals surface area contributed by atoms with Crippen LogP contribution >= 0.6 is 0 Å². The molecule has 2 bridgehead atoms. The topological polar surface area (TPSA) is 299 Å². The van der Waals surface area contributed by atoms with Gasteiger partial charge in [0.2, 0.25) is 0 Å². The molecule has 12 atom stereocenters. The van der Waals surface area contributed by atoms with E-state index in [0.29, 0.717) is 54.5 Å². The Labute approximate surface area is 524 Å². The first-order chi connectivity index (χ1) is 42.7. The molecule has 0 unspecified atom stereocenters. The zero-order valence-corrected chi connectivity index (χ0v) is 52.5. The number of alkyl carbamates (subject to hydrolysis) is 1. The lowest BCUT2D eigenvalue weighted by Crippen LogP contribution is -2.81. The first-order valence-electron chi connectivity index (χ1n) is 29.9. The average molecular weight is 1270 g/mol. The van der Waals surface area contributed by atoms with Crippen molar-refractivity contribution in [3.8, 4) is 0 Å². The van der Waals surface area contributed by atoms with Gasteiger partial charge in [0.05, 0.1) is 60.3 Å². The summed E-state index contributed by atoms with van der Waals surface area (Å²) in [6.07, 6.45) is -11.5. The number of carbonyl (C=O) groups is 6. The van der Waals surface area contributed by atoms with E-state index in [2.05, 4.69) is 10.6 Å². The first-order valence-corrected chi connectivity index (χ1v) is 29.9. The molecule has 5 aromatic rings. The number of Topliss-reactive ketones (excluding diaryl/α,β-unsaturated/α-hetero) is 1. The predicted octanol–water partition coefficient (Wildman–Crippen LogP) is 7.04. The number of hydrogen-bond acceptors (Lipinski definition) is 20. The molecule has 2 aliphatic heterocycles. The first kappa shape index (κ1) is 67.3. The van der Waals surface area contributed by atoms with Gasteiger partial charge in [-0.2, -0.15) is 0 Å². The maximum Gasteiger partial charge on any atom is 0.408 e. The summed E-state index contributed by atoms with van der Waals surface area (Å²) >= 11 is 0. The average Bonchev–Trinajstić information content (AvgIpc) is 0.671. The minimum absolute atomic E-state index is 0.0637. The zero-order valence-electron chi connectivity index (χ0n) is 52.5. The molecule has 4 aromatic carbocycles. The summed E-state index contributed by atoms with van der Waals surface area (Å²) in [6.45, 7) is 15.8. The van der Waals surface area contributed by atoms with Gasteiger partial charge in [0.25, 0.3) is 5.91 Å². The van der Waals surface area contributed by atoms with Crippen molar-refractivity contribution in [3.05, 3.63) is 152 Å². The van der Waals surface area contributed by atoms with Crippen molar-refractivity contribution in [2.75, 3.05) is 57.2 Å². The second-order valence-corrected chi connectivity index (χ2v) is 25.8.